The van der Waals surface area contributed by atoms with E-state index in [1.807, 2.05) is 24.1 Å². The van der Waals surface area contributed by atoms with E-state index in [-0.39, 0.29) is 17.3 Å². The van der Waals surface area contributed by atoms with E-state index in [0.29, 0.717) is 11.6 Å². The van der Waals surface area contributed by atoms with Gasteiger partial charge in [0.05, 0.1) is 5.69 Å². The molecule has 2 unspecified atom stereocenters. The minimum absolute atomic E-state index is 0.161. The van der Waals surface area contributed by atoms with Gasteiger partial charge in [0.1, 0.15) is 5.82 Å². The molecule has 0 aliphatic heterocycles. The number of rotatable bonds is 3. The van der Waals surface area contributed by atoms with Gasteiger partial charge in [-0.2, -0.15) is 0 Å². The summed E-state index contributed by atoms with van der Waals surface area (Å²) in [6.45, 7) is 5.27. The Bertz CT molecular complexity index is 417. The van der Waals surface area contributed by atoms with E-state index in [1.165, 1.54) is 6.07 Å². The number of halogens is 1. The number of benzene rings is 1. The molecule has 0 radical (unpaired) electrons. The van der Waals surface area contributed by atoms with Crippen LogP contribution in [-0.2, 0) is 0 Å². The third-order valence-electron chi connectivity index (χ3n) is 4.34. The molecule has 0 amide bonds. The van der Waals surface area contributed by atoms with E-state index in [0.717, 1.165) is 19.4 Å². The predicted octanol–water partition coefficient (Wildman–Crippen LogP) is 3.03. The lowest BCUT2D eigenvalue weighted by Crippen LogP contribution is -2.41. The van der Waals surface area contributed by atoms with Crippen LogP contribution in [0.2, 0.25) is 0 Å². The molecule has 0 saturated heterocycles. The number of nitrogens with two attached hydrogens (primary N) is 1. The molecular weight excluding hydrogens is 227 g/mol. The maximum absolute atomic E-state index is 13.7. The highest BCUT2D eigenvalue weighted by molar-refractivity contribution is 5.46. The van der Waals surface area contributed by atoms with Crippen molar-refractivity contribution < 1.29 is 4.39 Å². The van der Waals surface area contributed by atoms with Crippen LogP contribution in [0, 0.1) is 17.2 Å². The monoisotopic (exact) mass is 250 g/mol. The van der Waals surface area contributed by atoms with Gasteiger partial charge in [0.25, 0.3) is 0 Å². The first-order valence-electron chi connectivity index (χ1n) is 6.63. The van der Waals surface area contributed by atoms with Gasteiger partial charge in [-0.1, -0.05) is 26.0 Å². The van der Waals surface area contributed by atoms with Crippen molar-refractivity contribution in [1.82, 2.24) is 0 Å². The Kier molecular flexibility index (Phi) is 3.62. The highest BCUT2D eigenvalue weighted by Crippen LogP contribution is 2.40. The Hall–Kier alpha value is -1.09. The van der Waals surface area contributed by atoms with Gasteiger partial charge >= 0.3 is 0 Å². The molecule has 3 heteroatoms. The summed E-state index contributed by atoms with van der Waals surface area (Å²) >= 11 is 0. The molecule has 2 rings (SSSR count). The molecule has 0 bridgehead atoms. The number of anilines is 1. The first-order valence-corrected chi connectivity index (χ1v) is 6.63. The zero-order valence-electron chi connectivity index (χ0n) is 11.5. The Balaban J connectivity index is 2.05. The van der Waals surface area contributed by atoms with Crippen LogP contribution in [0.15, 0.2) is 24.3 Å². The lowest BCUT2D eigenvalue weighted by molar-refractivity contribution is 0.301. The summed E-state index contributed by atoms with van der Waals surface area (Å²) in [6.07, 6.45) is 2.29. The number of para-hydroxylation sites is 1. The van der Waals surface area contributed by atoms with Gasteiger partial charge in [-0.25, -0.2) is 4.39 Å². The van der Waals surface area contributed by atoms with Crippen LogP contribution < -0.4 is 10.6 Å². The fourth-order valence-electron chi connectivity index (χ4n) is 2.96. The van der Waals surface area contributed by atoms with E-state index in [2.05, 4.69) is 13.8 Å². The van der Waals surface area contributed by atoms with E-state index in [4.69, 9.17) is 5.73 Å². The molecule has 1 aliphatic rings. The van der Waals surface area contributed by atoms with E-state index in [1.54, 1.807) is 6.07 Å². The summed E-state index contributed by atoms with van der Waals surface area (Å²) < 4.78 is 13.7. The summed E-state index contributed by atoms with van der Waals surface area (Å²) in [5.74, 6) is 0.287. The van der Waals surface area contributed by atoms with Gasteiger partial charge < -0.3 is 10.6 Å². The van der Waals surface area contributed by atoms with Crippen LogP contribution in [-0.4, -0.2) is 19.6 Å². The Morgan fingerprint density at radius 3 is 2.61 bits per heavy atom. The lowest BCUT2D eigenvalue weighted by atomic mass is 9.85. The first kappa shape index (κ1) is 13.3. The average Bonchev–Trinajstić information content (AvgIpc) is 2.57. The van der Waals surface area contributed by atoms with Gasteiger partial charge in [-0.05, 0) is 36.3 Å². The van der Waals surface area contributed by atoms with Crippen molar-refractivity contribution in [3.05, 3.63) is 30.1 Å². The Labute approximate surface area is 109 Å². The minimum Gasteiger partial charge on any atom is -0.372 e. The molecule has 0 heterocycles. The fraction of sp³-hybridized carbons (Fsp3) is 0.600. The van der Waals surface area contributed by atoms with Crippen LogP contribution in [0.4, 0.5) is 10.1 Å². The van der Waals surface area contributed by atoms with E-state index < -0.39 is 0 Å². The highest BCUT2D eigenvalue weighted by Gasteiger charge is 2.39. The number of hydrogen-bond acceptors (Lipinski definition) is 2. The molecule has 1 aromatic carbocycles. The third kappa shape index (κ3) is 2.51. The first-order chi connectivity index (χ1) is 8.42. The maximum atomic E-state index is 13.7. The fourth-order valence-corrected chi connectivity index (χ4v) is 2.96. The summed E-state index contributed by atoms with van der Waals surface area (Å²) in [4.78, 5) is 1.99. The Morgan fingerprint density at radius 2 is 2.06 bits per heavy atom. The molecule has 1 fully saturated rings. The van der Waals surface area contributed by atoms with Crippen LogP contribution in [0.3, 0.4) is 0 Å². The topological polar surface area (TPSA) is 29.3 Å². The number of nitrogens with zero attached hydrogens (tertiary/aromatic N) is 1. The van der Waals surface area contributed by atoms with E-state index in [9.17, 15) is 4.39 Å². The highest BCUT2D eigenvalue weighted by atomic mass is 19.1. The second-order valence-electron chi connectivity index (χ2n) is 6.15. The largest absolute Gasteiger partial charge is 0.372 e. The predicted molar refractivity (Wildman–Crippen MR) is 74.2 cm³/mol. The smallest absolute Gasteiger partial charge is 0.146 e. The second-order valence-corrected chi connectivity index (χ2v) is 6.15. The van der Waals surface area contributed by atoms with Gasteiger partial charge in [0, 0.05) is 19.6 Å². The van der Waals surface area contributed by atoms with Gasteiger partial charge in [-0.3, -0.25) is 0 Å². The normalized spacial score (nSPS) is 26.3. The molecule has 0 spiro atoms. The van der Waals surface area contributed by atoms with Gasteiger partial charge in [0.15, 0.2) is 0 Å². The van der Waals surface area contributed by atoms with Crippen LogP contribution in [0.5, 0.6) is 0 Å². The maximum Gasteiger partial charge on any atom is 0.146 e. The average molecular weight is 250 g/mol. The summed E-state index contributed by atoms with van der Waals surface area (Å²) in [6, 6.07) is 7.11. The second kappa shape index (κ2) is 4.88. The van der Waals surface area contributed by atoms with Crippen LogP contribution in [0.25, 0.3) is 0 Å². The molecule has 2 N–H and O–H groups in total. The van der Waals surface area contributed by atoms with Crippen molar-refractivity contribution in [1.29, 1.82) is 0 Å². The number of hydrogen-bond donors (Lipinski definition) is 1. The van der Waals surface area contributed by atoms with Crippen molar-refractivity contribution >= 4 is 5.69 Å². The van der Waals surface area contributed by atoms with Gasteiger partial charge in [0.2, 0.25) is 0 Å². The summed E-state index contributed by atoms with van der Waals surface area (Å²) in [7, 11) is 1.94. The molecule has 100 valence electrons. The van der Waals surface area contributed by atoms with Crippen molar-refractivity contribution in [2.24, 2.45) is 17.1 Å². The van der Waals surface area contributed by atoms with Crippen molar-refractivity contribution in [2.75, 3.05) is 18.5 Å². The molecular formula is C15H23FN2. The molecule has 1 saturated carbocycles. The molecule has 1 aromatic rings. The standard InChI is InChI=1S/C15H23FN2/c1-15(2)9-8-11(14(15)17)10-18(3)13-7-5-4-6-12(13)16/h4-7,11,14H,8-10,17H2,1-3H3. The minimum atomic E-state index is -0.161. The van der Waals surface area contributed by atoms with Crippen molar-refractivity contribution in [3.8, 4) is 0 Å². The third-order valence-corrected chi connectivity index (χ3v) is 4.34. The van der Waals surface area contributed by atoms with Crippen molar-refractivity contribution in [2.45, 2.75) is 32.7 Å². The quantitative estimate of drug-likeness (QED) is 0.893. The molecule has 2 atom stereocenters. The Morgan fingerprint density at radius 1 is 1.39 bits per heavy atom. The molecule has 0 aromatic heterocycles. The molecule has 18 heavy (non-hydrogen) atoms. The lowest BCUT2D eigenvalue weighted by Gasteiger charge is -2.30. The summed E-state index contributed by atoms with van der Waals surface area (Å²) in [5, 5.41) is 0. The summed E-state index contributed by atoms with van der Waals surface area (Å²) in [5.41, 5.74) is 7.17. The zero-order valence-corrected chi connectivity index (χ0v) is 11.5. The van der Waals surface area contributed by atoms with Crippen LogP contribution >= 0.6 is 0 Å². The van der Waals surface area contributed by atoms with Crippen molar-refractivity contribution in [3.63, 3.8) is 0 Å². The van der Waals surface area contributed by atoms with Gasteiger partial charge in [-0.15, -0.1) is 0 Å². The molecule has 2 nitrogen and oxygen atoms in total. The SMILES string of the molecule is CN(CC1CCC(C)(C)C1N)c1ccccc1F. The van der Waals surface area contributed by atoms with E-state index >= 15 is 0 Å². The van der Waals surface area contributed by atoms with Crippen LogP contribution in [0.1, 0.15) is 26.7 Å². The zero-order chi connectivity index (χ0) is 13.3. The molecule has 1 aliphatic carbocycles.